The van der Waals surface area contributed by atoms with E-state index in [1.807, 2.05) is 30.3 Å². The van der Waals surface area contributed by atoms with Crippen LogP contribution >= 0.6 is 0 Å². The van der Waals surface area contributed by atoms with E-state index in [1.165, 1.54) is 36.4 Å². The van der Waals surface area contributed by atoms with Crippen molar-refractivity contribution in [2.24, 2.45) is 0 Å². The van der Waals surface area contributed by atoms with Gasteiger partial charge in [0.1, 0.15) is 5.69 Å². The number of nitrogens with zero attached hydrogens (tertiary/aromatic N) is 3. The monoisotopic (exact) mass is 491 g/mol. The van der Waals surface area contributed by atoms with Crippen LogP contribution < -0.4 is 10.6 Å². The Morgan fingerprint density at radius 1 is 0.889 bits per heavy atom. The number of nitrogens with one attached hydrogen (secondary N) is 2. The van der Waals surface area contributed by atoms with E-state index in [2.05, 4.69) is 20.9 Å². The maximum atomic E-state index is 12.9. The van der Waals surface area contributed by atoms with Crippen LogP contribution in [0.2, 0.25) is 0 Å². The summed E-state index contributed by atoms with van der Waals surface area (Å²) in [5, 5.41) is 13.1. The van der Waals surface area contributed by atoms with Gasteiger partial charge in [0, 0.05) is 23.0 Å². The highest BCUT2D eigenvalue weighted by Gasteiger charge is 2.30. The molecule has 0 aliphatic rings. The molecule has 36 heavy (non-hydrogen) atoms. The predicted octanol–water partition coefficient (Wildman–Crippen LogP) is 5.25. The van der Waals surface area contributed by atoms with Gasteiger partial charge < -0.3 is 10.6 Å². The number of alkyl halides is 3. The molecule has 0 atom stereocenters. The van der Waals surface area contributed by atoms with Gasteiger partial charge in [-0.15, -0.1) is 5.10 Å². The molecule has 182 valence electrons. The number of amides is 2. The number of carbonyl (C=O) groups excluding carboxylic acids is 2. The molecule has 7 nitrogen and oxygen atoms in total. The number of hydrogen-bond acceptors (Lipinski definition) is 4. The van der Waals surface area contributed by atoms with Gasteiger partial charge in [0.25, 0.3) is 5.91 Å². The highest BCUT2D eigenvalue weighted by molar-refractivity contribution is 6.06. The van der Waals surface area contributed by atoms with Crippen molar-refractivity contribution in [1.29, 1.82) is 0 Å². The van der Waals surface area contributed by atoms with Crippen molar-refractivity contribution in [3.8, 4) is 0 Å². The zero-order chi connectivity index (χ0) is 25.5. The highest BCUT2D eigenvalue weighted by atomic mass is 19.4. The maximum Gasteiger partial charge on any atom is 0.416 e. The van der Waals surface area contributed by atoms with Crippen molar-refractivity contribution in [3.05, 3.63) is 114 Å². The first-order valence-electron chi connectivity index (χ1n) is 10.8. The molecular formula is C26H20F3N5O2. The second kappa shape index (κ2) is 10.7. The third-order valence-corrected chi connectivity index (χ3v) is 4.99. The lowest BCUT2D eigenvalue weighted by molar-refractivity contribution is -0.137. The minimum absolute atomic E-state index is 0.00695. The Kier molecular flexibility index (Phi) is 7.24. The molecule has 2 N–H and O–H groups in total. The maximum absolute atomic E-state index is 12.9. The van der Waals surface area contributed by atoms with Gasteiger partial charge in [0.05, 0.1) is 18.3 Å². The first-order valence-corrected chi connectivity index (χ1v) is 10.8. The van der Waals surface area contributed by atoms with Crippen LogP contribution in [0.4, 0.5) is 24.5 Å². The summed E-state index contributed by atoms with van der Waals surface area (Å²) in [6.45, 7) is 0.545. The van der Waals surface area contributed by atoms with Crippen LogP contribution in [0.5, 0.6) is 0 Å². The Hall–Kier alpha value is -4.73. The summed E-state index contributed by atoms with van der Waals surface area (Å²) in [6.07, 6.45) is -0.0235. The fourth-order valence-corrected chi connectivity index (χ4v) is 3.30. The average molecular weight is 491 g/mol. The molecular weight excluding hydrogens is 471 g/mol. The summed E-state index contributed by atoms with van der Waals surface area (Å²) in [4.78, 5) is 24.8. The topological polar surface area (TPSA) is 88.9 Å². The average Bonchev–Trinajstić information content (AvgIpc) is 3.30. The molecule has 4 aromatic rings. The molecule has 2 amide bonds. The zero-order valence-corrected chi connectivity index (χ0v) is 18.7. The number of hydrogen-bond donors (Lipinski definition) is 2. The Bertz CT molecular complexity index is 1400. The summed E-state index contributed by atoms with van der Waals surface area (Å²) in [5.41, 5.74) is 1.20. The first-order chi connectivity index (χ1) is 17.3. The smallest absolute Gasteiger partial charge is 0.322 e. The molecule has 0 radical (unpaired) electrons. The number of carbonyl (C=O) groups is 2. The van der Waals surface area contributed by atoms with E-state index in [4.69, 9.17) is 0 Å². The molecule has 0 spiro atoms. The largest absolute Gasteiger partial charge is 0.416 e. The van der Waals surface area contributed by atoms with Gasteiger partial charge in [-0.1, -0.05) is 47.7 Å². The lowest BCUT2D eigenvalue weighted by Gasteiger charge is -2.10. The van der Waals surface area contributed by atoms with Crippen molar-refractivity contribution in [1.82, 2.24) is 15.0 Å². The molecule has 0 aliphatic heterocycles. The Morgan fingerprint density at radius 2 is 1.61 bits per heavy atom. The highest BCUT2D eigenvalue weighted by Crippen LogP contribution is 2.30. The van der Waals surface area contributed by atoms with Crippen molar-refractivity contribution in [2.45, 2.75) is 12.7 Å². The standard InChI is InChI=1S/C26H20F3N5O2/c27-26(28,29)20-9-5-11-22(15-20)31-25(36)19-8-4-10-21(14-19)30-24(35)13-12-23-17-34(33-32-23)16-18-6-2-1-3-7-18/h1-15,17H,16H2,(H,30,35)(H,31,36)/b13-12+. The van der Waals surface area contributed by atoms with Crippen LogP contribution in [0.1, 0.15) is 27.2 Å². The van der Waals surface area contributed by atoms with Crippen LogP contribution in [0, 0.1) is 0 Å². The van der Waals surface area contributed by atoms with Gasteiger partial charge in [-0.05, 0) is 48.0 Å². The normalized spacial score (nSPS) is 11.4. The molecule has 0 aliphatic carbocycles. The summed E-state index contributed by atoms with van der Waals surface area (Å²) >= 11 is 0. The summed E-state index contributed by atoms with van der Waals surface area (Å²) in [7, 11) is 0. The molecule has 0 unspecified atom stereocenters. The second-order valence-electron chi connectivity index (χ2n) is 7.76. The third kappa shape index (κ3) is 6.66. The van der Waals surface area contributed by atoms with Crippen LogP contribution in [0.25, 0.3) is 6.08 Å². The van der Waals surface area contributed by atoms with Gasteiger partial charge in [-0.3, -0.25) is 9.59 Å². The molecule has 0 fully saturated rings. The van der Waals surface area contributed by atoms with Crippen LogP contribution in [-0.2, 0) is 17.5 Å². The second-order valence-corrected chi connectivity index (χ2v) is 7.76. The lowest BCUT2D eigenvalue weighted by atomic mass is 10.1. The summed E-state index contributed by atoms with van der Waals surface area (Å²) in [5.74, 6) is -1.07. The van der Waals surface area contributed by atoms with Gasteiger partial charge in [-0.2, -0.15) is 13.2 Å². The summed E-state index contributed by atoms with van der Waals surface area (Å²) < 4.78 is 40.3. The van der Waals surface area contributed by atoms with E-state index in [-0.39, 0.29) is 11.3 Å². The van der Waals surface area contributed by atoms with Gasteiger partial charge in [0.15, 0.2) is 0 Å². The molecule has 1 aromatic heterocycles. The number of aromatic nitrogens is 3. The van der Waals surface area contributed by atoms with E-state index in [0.29, 0.717) is 17.9 Å². The number of anilines is 2. The predicted molar refractivity (Wildman–Crippen MR) is 129 cm³/mol. The van der Waals surface area contributed by atoms with Crippen molar-refractivity contribution in [3.63, 3.8) is 0 Å². The lowest BCUT2D eigenvalue weighted by Crippen LogP contribution is -2.14. The molecule has 1 heterocycles. The minimum atomic E-state index is -4.52. The fraction of sp³-hybridized carbons (Fsp3) is 0.0769. The van der Waals surface area contributed by atoms with E-state index < -0.39 is 23.6 Å². The molecule has 0 saturated heterocycles. The first kappa shape index (κ1) is 24.4. The van der Waals surface area contributed by atoms with Crippen molar-refractivity contribution in [2.75, 3.05) is 10.6 Å². The van der Waals surface area contributed by atoms with E-state index in [1.54, 1.807) is 23.0 Å². The van der Waals surface area contributed by atoms with E-state index in [9.17, 15) is 22.8 Å². The molecule has 3 aromatic carbocycles. The van der Waals surface area contributed by atoms with E-state index in [0.717, 1.165) is 17.7 Å². The molecule has 0 saturated carbocycles. The number of halogens is 3. The quantitative estimate of drug-likeness (QED) is 0.346. The fourth-order valence-electron chi connectivity index (χ4n) is 3.30. The summed E-state index contributed by atoms with van der Waals surface area (Å²) in [6, 6.07) is 20.1. The Labute approximate surface area is 204 Å². The SMILES string of the molecule is O=C(/C=C/c1cn(Cc2ccccc2)nn1)Nc1cccc(C(=O)Nc2cccc(C(F)(F)F)c2)c1. The van der Waals surface area contributed by atoms with Gasteiger partial charge in [-0.25, -0.2) is 4.68 Å². The van der Waals surface area contributed by atoms with Crippen LogP contribution in [0.15, 0.2) is 91.1 Å². The molecule has 0 bridgehead atoms. The Balaban J connectivity index is 1.36. The van der Waals surface area contributed by atoms with E-state index >= 15 is 0 Å². The molecule has 10 heteroatoms. The van der Waals surface area contributed by atoms with Crippen LogP contribution in [0.3, 0.4) is 0 Å². The van der Waals surface area contributed by atoms with Crippen molar-refractivity contribution >= 4 is 29.3 Å². The molecule has 4 rings (SSSR count). The van der Waals surface area contributed by atoms with Gasteiger partial charge >= 0.3 is 6.18 Å². The minimum Gasteiger partial charge on any atom is -0.322 e. The number of rotatable bonds is 7. The third-order valence-electron chi connectivity index (χ3n) is 4.99. The van der Waals surface area contributed by atoms with Gasteiger partial charge in [0.2, 0.25) is 5.91 Å². The van der Waals surface area contributed by atoms with Crippen LogP contribution in [-0.4, -0.2) is 26.8 Å². The zero-order valence-electron chi connectivity index (χ0n) is 18.7. The number of benzene rings is 3. The van der Waals surface area contributed by atoms with Crippen molar-refractivity contribution < 1.29 is 22.8 Å². The Morgan fingerprint density at radius 3 is 2.36 bits per heavy atom.